The molecule has 0 aliphatic carbocycles. The SMILES string of the molecule is COCc1noc(CNC(=O)c2ccc(F)c(OC)c2)n1. The van der Waals surface area contributed by atoms with Crippen molar-refractivity contribution >= 4 is 5.91 Å². The van der Waals surface area contributed by atoms with E-state index in [0.717, 1.165) is 6.07 Å². The monoisotopic (exact) mass is 295 g/mol. The van der Waals surface area contributed by atoms with Crippen molar-refractivity contribution in [1.29, 1.82) is 0 Å². The van der Waals surface area contributed by atoms with Gasteiger partial charge in [0, 0.05) is 12.7 Å². The highest BCUT2D eigenvalue weighted by Gasteiger charge is 2.12. The van der Waals surface area contributed by atoms with Gasteiger partial charge in [0.05, 0.1) is 13.7 Å². The van der Waals surface area contributed by atoms with Gasteiger partial charge >= 0.3 is 0 Å². The van der Waals surface area contributed by atoms with Crippen molar-refractivity contribution < 1.29 is 23.2 Å². The third-order valence-corrected chi connectivity index (χ3v) is 2.60. The molecule has 0 aliphatic rings. The molecule has 0 fully saturated rings. The molecule has 0 radical (unpaired) electrons. The zero-order valence-corrected chi connectivity index (χ0v) is 11.6. The number of methoxy groups -OCH3 is 2. The lowest BCUT2D eigenvalue weighted by Gasteiger charge is -2.05. The standard InChI is InChI=1S/C13H14FN3O4/c1-19-7-11-16-12(21-17-11)6-15-13(18)8-3-4-9(14)10(5-8)20-2/h3-5H,6-7H2,1-2H3,(H,15,18). The van der Waals surface area contributed by atoms with E-state index in [1.165, 1.54) is 26.4 Å². The first kappa shape index (κ1) is 14.9. The fourth-order valence-electron chi connectivity index (χ4n) is 1.61. The summed E-state index contributed by atoms with van der Waals surface area (Å²) in [6.07, 6.45) is 0. The molecule has 1 N–H and O–H groups in total. The van der Waals surface area contributed by atoms with Gasteiger partial charge in [0.25, 0.3) is 5.91 Å². The van der Waals surface area contributed by atoms with Gasteiger partial charge < -0.3 is 19.3 Å². The van der Waals surface area contributed by atoms with E-state index in [2.05, 4.69) is 15.5 Å². The van der Waals surface area contributed by atoms with Crippen LogP contribution < -0.4 is 10.1 Å². The maximum Gasteiger partial charge on any atom is 0.251 e. The Morgan fingerprint density at radius 3 is 2.95 bits per heavy atom. The lowest BCUT2D eigenvalue weighted by molar-refractivity contribution is 0.0946. The Kier molecular flexibility index (Phi) is 4.83. The van der Waals surface area contributed by atoms with Crippen molar-refractivity contribution in [3.8, 4) is 5.75 Å². The van der Waals surface area contributed by atoms with Crippen LogP contribution in [-0.2, 0) is 17.9 Å². The van der Waals surface area contributed by atoms with E-state index in [-0.39, 0.29) is 30.4 Å². The van der Waals surface area contributed by atoms with E-state index in [1.54, 1.807) is 0 Å². The third-order valence-electron chi connectivity index (χ3n) is 2.60. The van der Waals surface area contributed by atoms with Crippen molar-refractivity contribution in [2.45, 2.75) is 13.2 Å². The summed E-state index contributed by atoms with van der Waals surface area (Å²) in [6.45, 7) is 0.293. The number of amides is 1. The fraction of sp³-hybridized carbons (Fsp3) is 0.308. The van der Waals surface area contributed by atoms with E-state index >= 15 is 0 Å². The van der Waals surface area contributed by atoms with Gasteiger partial charge in [-0.15, -0.1) is 0 Å². The van der Waals surface area contributed by atoms with Gasteiger partial charge in [-0.05, 0) is 18.2 Å². The Hall–Kier alpha value is -2.48. The predicted molar refractivity (Wildman–Crippen MR) is 69.1 cm³/mol. The van der Waals surface area contributed by atoms with Gasteiger partial charge in [0.1, 0.15) is 6.61 Å². The van der Waals surface area contributed by atoms with Crippen LogP contribution in [0.15, 0.2) is 22.7 Å². The van der Waals surface area contributed by atoms with Crippen LogP contribution >= 0.6 is 0 Å². The Bertz CT molecular complexity index is 630. The molecule has 1 aromatic carbocycles. The minimum atomic E-state index is -0.532. The largest absolute Gasteiger partial charge is 0.494 e. The van der Waals surface area contributed by atoms with Gasteiger partial charge in [-0.25, -0.2) is 4.39 Å². The maximum absolute atomic E-state index is 13.3. The van der Waals surface area contributed by atoms with E-state index < -0.39 is 11.7 Å². The molecule has 0 saturated heterocycles. The molecule has 0 unspecified atom stereocenters. The smallest absolute Gasteiger partial charge is 0.251 e. The number of nitrogens with zero attached hydrogens (tertiary/aromatic N) is 2. The van der Waals surface area contributed by atoms with E-state index in [9.17, 15) is 9.18 Å². The molecule has 1 heterocycles. The van der Waals surface area contributed by atoms with Gasteiger partial charge in [-0.2, -0.15) is 4.98 Å². The van der Waals surface area contributed by atoms with Crippen LogP contribution in [0.1, 0.15) is 22.1 Å². The second-order valence-electron chi connectivity index (χ2n) is 4.07. The molecular formula is C13H14FN3O4. The Morgan fingerprint density at radius 2 is 2.24 bits per heavy atom. The number of rotatable bonds is 6. The fourth-order valence-corrected chi connectivity index (χ4v) is 1.61. The number of benzene rings is 1. The van der Waals surface area contributed by atoms with Crippen LogP contribution in [0.25, 0.3) is 0 Å². The number of carbonyl (C=O) groups is 1. The average molecular weight is 295 g/mol. The molecule has 2 aromatic rings. The summed E-state index contributed by atoms with van der Waals surface area (Å²) in [5.74, 6) is -0.285. The molecule has 8 heteroatoms. The lowest BCUT2D eigenvalue weighted by Crippen LogP contribution is -2.23. The summed E-state index contributed by atoms with van der Waals surface area (Å²) in [7, 11) is 2.84. The molecule has 0 spiro atoms. The summed E-state index contributed by atoms with van der Waals surface area (Å²) in [6, 6.07) is 3.84. The molecule has 21 heavy (non-hydrogen) atoms. The minimum Gasteiger partial charge on any atom is -0.494 e. The summed E-state index contributed by atoms with van der Waals surface area (Å²) in [5, 5.41) is 6.25. The molecule has 0 bridgehead atoms. The molecule has 0 atom stereocenters. The van der Waals surface area contributed by atoms with Crippen molar-refractivity contribution in [2.24, 2.45) is 0 Å². The summed E-state index contributed by atoms with van der Waals surface area (Å²) < 4.78 is 27.9. The van der Waals surface area contributed by atoms with Crippen molar-refractivity contribution in [3.63, 3.8) is 0 Å². The molecule has 7 nitrogen and oxygen atoms in total. The second-order valence-corrected chi connectivity index (χ2v) is 4.07. The van der Waals surface area contributed by atoms with E-state index in [1.807, 2.05) is 0 Å². The normalized spacial score (nSPS) is 10.4. The van der Waals surface area contributed by atoms with Crippen molar-refractivity contribution in [2.75, 3.05) is 14.2 Å². The Morgan fingerprint density at radius 1 is 1.43 bits per heavy atom. The molecular weight excluding hydrogens is 281 g/mol. The zero-order valence-electron chi connectivity index (χ0n) is 11.6. The molecule has 1 aromatic heterocycles. The topological polar surface area (TPSA) is 86.5 Å². The second kappa shape index (κ2) is 6.80. The molecule has 0 aliphatic heterocycles. The van der Waals surface area contributed by atoms with E-state index in [4.69, 9.17) is 14.0 Å². The van der Waals surface area contributed by atoms with Crippen molar-refractivity contribution in [3.05, 3.63) is 41.3 Å². The first-order valence-corrected chi connectivity index (χ1v) is 6.06. The van der Waals surface area contributed by atoms with Crippen LogP contribution in [0.2, 0.25) is 0 Å². The number of carbonyl (C=O) groups excluding carboxylic acids is 1. The van der Waals surface area contributed by atoms with Crippen LogP contribution in [-0.4, -0.2) is 30.3 Å². The average Bonchev–Trinajstić information content (AvgIpc) is 2.93. The highest BCUT2D eigenvalue weighted by molar-refractivity contribution is 5.94. The molecule has 2 rings (SSSR count). The molecule has 0 saturated carbocycles. The van der Waals surface area contributed by atoms with Crippen LogP contribution in [0, 0.1) is 5.82 Å². The Labute approximate surface area is 120 Å². The number of halogens is 1. The predicted octanol–water partition coefficient (Wildman–Crippen LogP) is 1.29. The summed E-state index contributed by atoms with van der Waals surface area (Å²) in [5.41, 5.74) is 0.268. The maximum atomic E-state index is 13.3. The van der Waals surface area contributed by atoms with Gasteiger partial charge in [-0.3, -0.25) is 4.79 Å². The first-order valence-electron chi connectivity index (χ1n) is 6.06. The molecule has 1 amide bonds. The zero-order chi connectivity index (χ0) is 15.2. The van der Waals surface area contributed by atoms with Crippen LogP contribution in [0.4, 0.5) is 4.39 Å². The number of hydrogen-bond acceptors (Lipinski definition) is 6. The van der Waals surface area contributed by atoms with Gasteiger partial charge in [0.2, 0.25) is 5.89 Å². The highest BCUT2D eigenvalue weighted by Crippen LogP contribution is 2.18. The van der Waals surface area contributed by atoms with E-state index in [0.29, 0.717) is 5.82 Å². The van der Waals surface area contributed by atoms with Gasteiger partial charge in [0.15, 0.2) is 17.4 Å². The third kappa shape index (κ3) is 3.76. The number of ether oxygens (including phenoxy) is 2. The first-order chi connectivity index (χ1) is 10.1. The van der Waals surface area contributed by atoms with Crippen molar-refractivity contribution in [1.82, 2.24) is 15.5 Å². The quantitative estimate of drug-likeness (QED) is 0.864. The van der Waals surface area contributed by atoms with Crippen LogP contribution in [0.3, 0.4) is 0 Å². The minimum absolute atomic E-state index is 0.00261. The summed E-state index contributed by atoms with van der Waals surface area (Å²) >= 11 is 0. The summed E-state index contributed by atoms with van der Waals surface area (Å²) in [4.78, 5) is 15.9. The number of aromatic nitrogens is 2. The molecule has 112 valence electrons. The van der Waals surface area contributed by atoms with Crippen LogP contribution in [0.5, 0.6) is 5.75 Å². The Balaban J connectivity index is 1.97. The highest BCUT2D eigenvalue weighted by atomic mass is 19.1. The van der Waals surface area contributed by atoms with Gasteiger partial charge in [-0.1, -0.05) is 5.16 Å². The number of hydrogen-bond donors (Lipinski definition) is 1. The lowest BCUT2D eigenvalue weighted by atomic mass is 10.2. The number of nitrogens with one attached hydrogen (secondary N) is 1.